The largest absolute Gasteiger partial charge is 0.768 e. The first kappa shape index (κ1) is 7.78. The van der Waals surface area contributed by atoms with Crippen molar-refractivity contribution in [2.24, 2.45) is 0 Å². The molecule has 1 atom stereocenters. The van der Waals surface area contributed by atoms with Crippen molar-refractivity contribution in [3.05, 3.63) is 24.3 Å². The molecule has 1 aromatic carbocycles. The summed E-state index contributed by atoms with van der Waals surface area (Å²) in [6.07, 6.45) is 0. The van der Waals surface area contributed by atoms with E-state index < -0.39 is 11.1 Å². The zero-order valence-corrected chi connectivity index (χ0v) is 6.69. The normalized spacial score (nSPS) is 13.0. The number of hydrogen-bond acceptors (Lipinski definition) is 3. The zero-order chi connectivity index (χ0) is 7.56. The van der Waals surface area contributed by atoms with Crippen LogP contribution in [0.2, 0.25) is 0 Å². The molecule has 0 saturated heterocycles. The van der Waals surface area contributed by atoms with Crippen LogP contribution in [0.5, 0.6) is 0 Å². The lowest BCUT2D eigenvalue weighted by atomic mass is 10.4. The molecule has 0 saturated carbocycles. The highest BCUT2D eigenvalue weighted by Crippen LogP contribution is 2.09. The fourth-order valence-electron chi connectivity index (χ4n) is 0.557. The Bertz CT molecular complexity index is 242. The van der Waals surface area contributed by atoms with E-state index in [2.05, 4.69) is 12.6 Å². The van der Waals surface area contributed by atoms with Gasteiger partial charge < -0.3 is 4.55 Å². The number of rotatable bonds is 1. The SMILES string of the molecule is O=S([O-])c1ccc(S)cc1. The molecule has 0 bridgehead atoms. The van der Waals surface area contributed by atoms with E-state index in [-0.39, 0.29) is 4.90 Å². The molecule has 1 unspecified atom stereocenters. The lowest BCUT2D eigenvalue weighted by Crippen LogP contribution is -1.86. The molecule has 0 aromatic heterocycles. The molecule has 54 valence electrons. The molecule has 2 nitrogen and oxygen atoms in total. The predicted molar refractivity (Wildman–Crippen MR) is 40.9 cm³/mol. The molecule has 4 heteroatoms. The van der Waals surface area contributed by atoms with Gasteiger partial charge >= 0.3 is 0 Å². The first-order valence-electron chi connectivity index (χ1n) is 2.58. The highest BCUT2D eigenvalue weighted by Gasteiger charge is 1.89. The van der Waals surface area contributed by atoms with Gasteiger partial charge in [-0.1, -0.05) is 0 Å². The Morgan fingerprint density at radius 3 is 2.20 bits per heavy atom. The Balaban J connectivity index is 3.00. The summed E-state index contributed by atoms with van der Waals surface area (Å²) in [5.41, 5.74) is 0. The molecule has 0 aliphatic rings. The molecule has 0 fully saturated rings. The summed E-state index contributed by atoms with van der Waals surface area (Å²) in [6.45, 7) is 0. The Morgan fingerprint density at radius 2 is 1.80 bits per heavy atom. The van der Waals surface area contributed by atoms with Gasteiger partial charge in [0.2, 0.25) is 0 Å². The van der Waals surface area contributed by atoms with Gasteiger partial charge in [-0.05, 0) is 35.3 Å². The summed E-state index contributed by atoms with van der Waals surface area (Å²) in [7, 11) is 0. The molecule has 0 aliphatic carbocycles. The van der Waals surface area contributed by atoms with E-state index in [4.69, 9.17) is 0 Å². The van der Waals surface area contributed by atoms with E-state index in [0.717, 1.165) is 4.90 Å². The molecule has 0 N–H and O–H groups in total. The van der Waals surface area contributed by atoms with Crippen LogP contribution in [-0.2, 0) is 11.1 Å². The molecular weight excluding hydrogens is 168 g/mol. The van der Waals surface area contributed by atoms with Gasteiger partial charge in [0.05, 0.1) is 0 Å². The van der Waals surface area contributed by atoms with Crippen molar-refractivity contribution >= 4 is 23.7 Å². The second-order valence-corrected chi connectivity index (χ2v) is 3.19. The highest BCUT2D eigenvalue weighted by molar-refractivity contribution is 7.80. The third-order valence-corrected chi connectivity index (χ3v) is 1.98. The van der Waals surface area contributed by atoms with Gasteiger partial charge in [-0.25, -0.2) is 0 Å². The van der Waals surface area contributed by atoms with Gasteiger partial charge in [-0.2, -0.15) is 0 Å². The van der Waals surface area contributed by atoms with Crippen molar-refractivity contribution in [3.8, 4) is 0 Å². The molecule has 0 spiro atoms. The van der Waals surface area contributed by atoms with Gasteiger partial charge in [0.15, 0.2) is 0 Å². The van der Waals surface area contributed by atoms with E-state index in [1.165, 1.54) is 12.1 Å². The molecule has 0 radical (unpaired) electrons. The van der Waals surface area contributed by atoms with E-state index in [1.54, 1.807) is 12.1 Å². The topological polar surface area (TPSA) is 40.1 Å². The van der Waals surface area contributed by atoms with Crippen LogP contribution >= 0.6 is 12.6 Å². The first-order chi connectivity index (χ1) is 4.70. The summed E-state index contributed by atoms with van der Waals surface area (Å²) >= 11 is 1.88. The van der Waals surface area contributed by atoms with E-state index in [9.17, 15) is 8.76 Å². The molecule has 1 aromatic rings. The lowest BCUT2D eigenvalue weighted by molar-refractivity contribution is 0.537. The summed E-state index contributed by atoms with van der Waals surface area (Å²) in [5.74, 6) is 0. The maximum Gasteiger partial charge on any atom is 0.0249 e. The Labute approximate surface area is 67.0 Å². The molecule has 0 aliphatic heterocycles. The van der Waals surface area contributed by atoms with Crippen LogP contribution in [0.1, 0.15) is 0 Å². The first-order valence-corrected chi connectivity index (χ1v) is 4.10. The Hall–Kier alpha value is -0.320. The molecule has 0 heterocycles. The van der Waals surface area contributed by atoms with Crippen LogP contribution in [0.25, 0.3) is 0 Å². The molecule has 0 amide bonds. The fraction of sp³-hybridized carbons (Fsp3) is 0. The van der Waals surface area contributed by atoms with Crippen molar-refractivity contribution in [1.29, 1.82) is 0 Å². The monoisotopic (exact) mass is 173 g/mol. The maximum absolute atomic E-state index is 10.3. The number of thiol groups is 1. The average Bonchev–Trinajstić information content (AvgIpc) is 1.88. The van der Waals surface area contributed by atoms with Gasteiger partial charge in [-0.15, -0.1) is 12.6 Å². The van der Waals surface area contributed by atoms with Crippen LogP contribution in [0.3, 0.4) is 0 Å². The van der Waals surface area contributed by atoms with Crippen molar-refractivity contribution in [1.82, 2.24) is 0 Å². The minimum absolute atomic E-state index is 0.290. The third-order valence-electron chi connectivity index (χ3n) is 1.03. The molecule has 1 rings (SSSR count). The summed E-state index contributed by atoms with van der Waals surface area (Å²) in [6, 6.07) is 6.28. The quantitative estimate of drug-likeness (QED) is 0.512. The Kier molecular flexibility index (Phi) is 2.48. The van der Waals surface area contributed by atoms with E-state index in [1.807, 2.05) is 0 Å². The summed E-state index contributed by atoms with van der Waals surface area (Å²) < 4.78 is 20.6. The summed E-state index contributed by atoms with van der Waals surface area (Å²) in [5, 5.41) is 0. The van der Waals surface area contributed by atoms with Crippen LogP contribution in [0, 0.1) is 0 Å². The van der Waals surface area contributed by atoms with Crippen LogP contribution in [0.15, 0.2) is 34.1 Å². The van der Waals surface area contributed by atoms with Gasteiger partial charge in [0.25, 0.3) is 0 Å². The highest BCUT2D eigenvalue weighted by atomic mass is 32.2. The fourth-order valence-corrected chi connectivity index (χ4v) is 1.06. The second kappa shape index (κ2) is 3.18. The predicted octanol–water partition coefficient (Wildman–Crippen LogP) is 1.21. The Morgan fingerprint density at radius 1 is 1.30 bits per heavy atom. The molecular formula is C6H5O2S2-. The number of hydrogen-bond donors (Lipinski definition) is 1. The maximum atomic E-state index is 10.3. The van der Waals surface area contributed by atoms with Crippen molar-refractivity contribution < 1.29 is 8.76 Å². The zero-order valence-electron chi connectivity index (χ0n) is 4.98. The minimum Gasteiger partial charge on any atom is -0.768 e. The van der Waals surface area contributed by atoms with E-state index >= 15 is 0 Å². The van der Waals surface area contributed by atoms with Crippen molar-refractivity contribution in [3.63, 3.8) is 0 Å². The lowest BCUT2D eigenvalue weighted by Gasteiger charge is -2.03. The van der Waals surface area contributed by atoms with Gasteiger partial charge in [0.1, 0.15) is 0 Å². The van der Waals surface area contributed by atoms with Gasteiger partial charge in [0, 0.05) is 9.79 Å². The smallest absolute Gasteiger partial charge is 0.0249 e. The average molecular weight is 173 g/mol. The van der Waals surface area contributed by atoms with Crippen LogP contribution in [-0.4, -0.2) is 8.76 Å². The summed E-state index contributed by atoms with van der Waals surface area (Å²) in [4.78, 5) is 1.05. The van der Waals surface area contributed by atoms with Crippen molar-refractivity contribution in [2.75, 3.05) is 0 Å². The van der Waals surface area contributed by atoms with Crippen LogP contribution in [0.4, 0.5) is 0 Å². The molecule has 10 heavy (non-hydrogen) atoms. The second-order valence-electron chi connectivity index (χ2n) is 1.73. The van der Waals surface area contributed by atoms with Crippen LogP contribution < -0.4 is 0 Å². The minimum atomic E-state index is -2.12. The standard InChI is InChI=1S/C6H6O2S2/c7-10(8)6-3-1-5(9)2-4-6/h1-4,9H,(H,7,8)/p-1. The van der Waals surface area contributed by atoms with E-state index in [0.29, 0.717) is 0 Å². The number of benzene rings is 1. The van der Waals surface area contributed by atoms with Gasteiger partial charge in [-0.3, -0.25) is 4.21 Å². The third kappa shape index (κ3) is 1.83. The van der Waals surface area contributed by atoms with Crippen molar-refractivity contribution in [2.45, 2.75) is 9.79 Å².